The van der Waals surface area contributed by atoms with E-state index < -0.39 is 0 Å². The van der Waals surface area contributed by atoms with Crippen LogP contribution in [0.5, 0.6) is 11.5 Å². The van der Waals surface area contributed by atoms with Gasteiger partial charge in [0.05, 0.1) is 14.2 Å². The molecular weight excluding hydrogens is 280 g/mol. The molecule has 5 heteroatoms. The molecule has 2 rings (SSSR count). The lowest BCUT2D eigenvalue weighted by Crippen LogP contribution is -2.34. The predicted octanol–water partition coefficient (Wildman–Crippen LogP) is 1.87. The van der Waals surface area contributed by atoms with Crippen LogP contribution in [0, 0.1) is 0 Å². The summed E-state index contributed by atoms with van der Waals surface area (Å²) in [6.45, 7) is 7.05. The summed E-state index contributed by atoms with van der Waals surface area (Å²) in [6.07, 6.45) is 3.39. The van der Waals surface area contributed by atoms with E-state index in [0.717, 1.165) is 38.2 Å². The van der Waals surface area contributed by atoms with Crippen molar-refractivity contribution in [2.24, 2.45) is 0 Å². The summed E-state index contributed by atoms with van der Waals surface area (Å²) in [4.78, 5) is 14.6. The molecule has 1 aromatic rings. The van der Waals surface area contributed by atoms with Gasteiger partial charge in [0.2, 0.25) is 0 Å². The second-order valence-corrected chi connectivity index (χ2v) is 5.26. The number of nitrogens with one attached hydrogen (secondary N) is 1. The molecule has 0 aromatic heterocycles. The summed E-state index contributed by atoms with van der Waals surface area (Å²) in [5.41, 5.74) is 1.55. The van der Waals surface area contributed by atoms with E-state index in [9.17, 15) is 4.79 Å². The second-order valence-electron chi connectivity index (χ2n) is 5.26. The van der Waals surface area contributed by atoms with Gasteiger partial charge < -0.3 is 19.7 Å². The molecule has 22 heavy (non-hydrogen) atoms. The van der Waals surface area contributed by atoms with Crippen LogP contribution in [0.1, 0.15) is 22.3 Å². The highest BCUT2D eigenvalue weighted by Gasteiger charge is 2.20. The van der Waals surface area contributed by atoms with Crippen LogP contribution in [0.4, 0.5) is 0 Å². The van der Waals surface area contributed by atoms with Crippen LogP contribution in [-0.4, -0.2) is 51.2 Å². The quantitative estimate of drug-likeness (QED) is 0.844. The van der Waals surface area contributed by atoms with Gasteiger partial charge >= 0.3 is 0 Å². The van der Waals surface area contributed by atoms with Crippen molar-refractivity contribution in [1.29, 1.82) is 0 Å². The summed E-state index contributed by atoms with van der Waals surface area (Å²) in [7, 11) is 3.19. The van der Waals surface area contributed by atoms with E-state index in [1.54, 1.807) is 26.4 Å². The molecule has 0 bridgehead atoms. The first-order valence-electron chi connectivity index (χ1n) is 7.57. The van der Waals surface area contributed by atoms with Crippen LogP contribution in [-0.2, 0) is 6.42 Å². The number of methoxy groups -OCH3 is 2. The van der Waals surface area contributed by atoms with Gasteiger partial charge in [-0.1, -0.05) is 6.08 Å². The smallest absolute Gasteiger partial charge is 0.254 e. The summed E-state index contributed by atoms with van der Waals surface area (Å²) < 4.78 is 10.8. The molecule has 0 saturated carbocycles. The zero-order valence-electron chi connectivity index (χ0n) is 13.4. The first kappa shape index (κ1) is 16.4. The third-order valence-electron chi connectivity index (χ3n) is 3.79. The van der Waals surface area contributed by atoms with Crippen LogP contribution in [0.3, 0.4) is 0 Å². The first-order valence-corrected chi connectivity index (χ1v) is 7.57. The summed E-state index contributed by atoms with van der Waals surface area (Å²) in [5, 5.41) is 3.30. The molecule has 0 radical (unpaired) electrons. The van der Waals surface area contributed by atoms with Crippen molar-refractivity contribution in [3.05, 3.63) is 35.9 Å². The van der Waals surface area contributed by atoms with Gasteiger partial charge in [-0.2, -0.15) is 0 Å². The lowest BCUT2D eigenvalue weighted by molar-refractivity contribution is 0.0766. The van der Waals surface area contributed by atoms with Crippen molar-refractivity contribution in [3.63, 3.8) is 0 Å². The van der Waals surface area contributed by atoms with Gasteiger partial charge in [0.15, 0.2) is 11.5 Å². The molecule has 0 aliphatic carbocycles. The fourth-order valence-corrected chi connectivity index (χ4v) is 2.71. The van der Waals surface area contributed by atoms with Gasteiger partial charge in [-0.3, -0.25) is 4.79 Å². The Morgan fingerprint density at radius 2 is 2.14 bits per heavy atom. The molecule has 1 aliphatic heterocycles. The Morgan fingerprint density at radius 3 is 2.82 bits per heavy atom. The van der Waals surface area contributed by atoms with Crippen LogP contribution in [0.2, 0.25) is 0 Å². The zero-order valence-corrected chi connectivity index (χ0v) is 13.4. The van der Waals surface area contributed by atoms with Crippen molar-refractivity contribution in [1.82, 2.24) is 10.2 Å². The molecule has 1 fully saturated rings. The van der Waals surface area contributed by atoms with Crippen LogP contribution < -0.4 is 14.8 Å². The summed E-state index contributed by atoms with van der Waals surface area (Å²) in [6, 6.07) is 3.63. The maximum absolute atomic E-state index is 12.8. The van der Waals surface area contributed by atoms with Crippen molar-refractivity contribution in [3.8, 4) is 11.5 Å². The van der Waals surface area contributed by atoms with E-state index in [2.05, 4.69) is 11.9 Å². The number of nitrogens with zero attached hydrogens (tertiary/aromatic N) is 1. The molecule has 1 heterocycles. The highest BCUT2D eigenvalue weighted by molar-refractivity contribution is 5.95. The van der Waals surface area contributed by atoms with E-state index >= 15 is 0 Å². The summed E-state index contributed by atoms with van der Waals surface area (Å²) >= 11 is 0. The standard InChI is InChI=1S/C17H24N2O3/c1-4-6-13-11-14(12-15(21-2)16(13)22-3)17(20)19-9-5-7-18-8-10-19/h4,11-12,18H,1,5-10H2,2-3H3. The van der Waals surface area contributed by atoms with Gasteiger partial charge in [0.25, 0.3) is 5.91 Å². The van der Waals surface area contributed by atoms with E-state index in [1.165, 1.54) is 0 Å². The number of carbonyl (C=O) groups is 1. The SMILES string of the molecule is C=CCc1cc(C(=O)N2CCCNCC2)cc(OC)c1OC. The van der Waals surface area contributed by atoms with Gasteiger partial charge in [-0.05, 0) is 31.5 Å². The highest BCUT2D eigenvalue weighted by atomic mass is 16.5. The Balaban J connectivity index is 2.34. The minimum atomic E-state index is 0.0370. The molecule has 0 atom stereocenters. The van der Waals surface area contributed by atoms with Crippen molar-refractivity contribution in [2.45, 2.75) is 12.8 Å². The third kappa shape index (κ3) is 3.60. The zero-order chi connectivity index (χ0) is 15.9. The number of hydrogen-bond donors (Lipinski definition) is 1. The maximum atomic E-state index is 12.8. The lowest BCUT2D eigenvalue weighted by atomic mass is 10.0. The molecule has 1 amide bonds. The Hall–Kier alpha value is -2.01. The molecule has 120 valence electrons. The van der Waals surface area contributed by atoms with Crippen LogP contribution in [0.25, 0.3) is 0 Å². The second kappa shape index (κ2) is 7.84. The van der Waals surface area contributed by atoms with E-state index in [0.29, 0.717) is 23.5 Å². The van der Waals surface area contributed by atoms with Crippen LogP contribution in [0.15, 0.2) is 24.8 Å². The topological polar surface area (TPSA) is 50.8 Å². The number of rotatable bonds is 5. The van der Waals surface area contributed by atoms with Crippen molar-refractivity contribution >= 4 is 5.91 Å². The Morgan fingerprint density at radius 1 is 1.32 bits per heavy atom. The van der Waals surface area contributed by atoms with Gasteiger partial charge in [-0.25, -0.2) is 0 Å². The first-order chi connectivity index (χ1) is 10.7. The monoisotopic (exact) mass is 304 g/mol. The normalized spacial score (nSPS) is 15.1. The molecule has 1 N–H and O–H groups in total. The number of amides is 1. The van der Waals surface area contributed by atoms with Gasteiger partial charge in [0, 0.05) is 30.8 Å². The molecule has 0 unspecified atom stereocenters. The molecular formula is C17H24N2O3. The highest BCUT2D eigenvalue weighted by Crippen LogP contribution is 2.33. The molecule has 1 aliphatic rings. The minimum absolute atomic E-state index is 0.0370. The van der Waals surface area contributed by atoms with Crippen LogP contribution >= 0.6 is 0 Å². The van der Waals surface area contributed by atoms with E-state index in [-0.39, 0.29) is 5.91 Å². The number of hydrogen-bond acceptors (Lipinski definition) is 4. The van der Waals surface area contributed by atoms with E-state index in [1.807, 2.05) is 11.0 Å². The van der Waals surface area contributed by atoms with Gasteiger partial charge in [-0.15, -0.1) is 6.58 Å². The third-order valence-corrected chi connectivity index (χ3v) is 3.79. The number of carbonyl (C=O) groups excluding carboxylic acids is 1. The number of benzene rings is 1. The predicted molar refractivity (Wildman–Crippen MR) is 86.8 cm³/mol. The molecule has 1 aromatic carbocycles. The summed E-state index contributed by atoms with van der Waals surface area (Å²) in [5.74, 6) is 1.28. The minimum Gasteiger partial charge on any atom is -0.493 e. The molecule has 1 saturated heterocycles. The van der Waals surface area contributed by atoms with Gasteiger partial charge in [0.1, 0.15) is 0 Å². The number of allylic oxidation sites excluding steroid dienone is 1. The average molecular weight is 304 g/mol. The molecule has 0 spiro atoms. The number of ether oxygens (including phenoxy) is 2. The Kier molecular flexibility index (Phi) is 5.83. The Labute approximate surface area is 131 Å². The fourth-order valence-electron chi connectivity index (χ4n) is 2.71. The maximum Gasteiger partial charge on any atom is 0.254 e. The lowest BCUT2D eigenvalue weighted by Gasteiger charge is -2.21. The average Bonchev–Trinajstić information content (AvgIpc) is 2.82. The fraction of sp³-hybridized carbons (Fsp3) is 0.471. The van der Waals surface area contributed by atoms with Crippen molar-refractivity contribution < 1.29 is 14.3 Å². The Bertz CT molecular complexity index is 535. The largest absolute Gasteiger partial charge is 0.493 e. The van der Waals surface area contributed by atoms with Crippen molar-refractivity contribution in [2.75, 3.05) is 40.4 Å². The van der Waals surface area contributed by atoms with E-state index in [4.69, 9.17) is 9.47 Å². The molecule has 5 nitrogen and oxygen atoms in total.